The minimum Gasteiger partial charge on any atom is -0.474 e. The Hall–Kier alpha value is -3.28. The van der Waals surface area contributed by atoms with Gasteiger partial charge in [-0.15, -0.1) is 0 Å². The summed E-state index contributed by atoms with van der Waals surface area (Å²) in [4.78, 5) is 40.6. The van der Waals surface area contributed by atoms with Crippen molar-refractivity contribution in [3.63, 3.8) is 0 Å². The van der Waals surface area contributed by atoms with Gasteiger partial charge >= 0.3 is 6.09 Å². The Kier molecular flexibility index (Phi) is 10.5. The van der Waals surface area contributed by atoms with Crippen LogP contribution in [0.3, 0.4) is 0 Å². The van der Waals surface area contributed by atoms with E-state index in [4.69, 9.17) is 14.2 Å². The van der Waals surface area contributed by atoms with Crippen LogP contribution in [0.4, 0.5) is 14.9 Å². The Morgan fingerprint density at radius 3 is 2.50 bits per heavy atom. The van der Waals surface area contributed by atoms with Crippen LogP contribution < -0.4 is 9.64 Å². The number of aromatic nitrogens is 1. The van der Waals surface area contributed by atoms with E-state index < -0.39 is 5.60 Å². The number of ether oxygens (including phenoxy) is 3. The van der Waals surface area contributed by atoms with Gasteiger partial charge in [-0.2, -0.15) is 0 Å². The van der Waals surface area contributed by atoms with Gasteiger partial charge in [0.25, 0.3) is 0 Å². The number of benzene rings is 1. The first kappa shape index (κ1) is 34.1. The maximum absolute atomic E-state index is 14.5. The molecule has 0 unspecified atom stereocenters. The van der Waals surface area contributed by atoms with E-state index in [-0.39, 0.29) is 54.5 Å². The first-order chi connectivity index (χ1) is 21.8. The number of hydrogen-bond donors (Lipinski definition) is 0. The van der Waals surface area contributed by atoms with Crippen molar-refractivity contribution < 1.29 is 28.2 Å². The zero-order valence-electron chi connectivity index (χ0n) is 28.4. The predicted molar refractivity (Wildman–Crippen MR) is 175 cm³/mol. The fraction of sp³-hybridized carbons (Fsp3) is 0.629. The Morgan fingerprint density at radius 2 is 1.83 bits per heavy atom. The molecule has 0 aliphatic carbocycles. The SMILES string of the molecule is CC(C)[C@H]1COc2ncc(Cc3ccc(F)cc3)cc2N1C(=O)CN1C[C@@H](C)N(C(=O)OC(C)(C)C)C[C@@H]1CN1CCO[C@H](C)C1. The standard InChI is InChI=1S/C35H50FN5O5/c1-23(2)31-22-45-33-30(15-27(16-37-33)14-26-8-10-28(36)11-9-26)41(31)32(42)21-39-17-24(3)40(34(43)46-35(5,6)7)20-29(39)19-38-12-13-44-25(4)18-38/h8-11,15-16,23-25,29,31H,12-14,17-22H2,1-7H3/t24-,25-,29+,31-/m1/s1. The van der Waals surface area contributed by atoms with Crippen molar-refractivity contribution >= 4 is 17.7 Å². The number of carbonyl (C=O) groups is 2. The van der Waals surface area contributed by atoms with Gasteiger partial charge < -0.3 is 19.1 Å². The summed E-state index contributed by atoms with van der Waals surface area (Å²) in [6.45, 7) is 18.5. The summed E-state index contributed by atoms with van der Waals surface area (Å²) in [5.74, 6) is 0.281. The van der Waals surface area contributed by atoms with Gasteiger partial charge in [-0.05, 0) is 76.3 Å². The molecule has 46 heavy (non-hydrogen) atoms. The minimum atomic E-state index is -0.599. The fourth-order valence-electron chi connectivity index (χ4n) is 6.58. The van der Waals surface area contributed by atoms with Gasteiger partial charge in [-0.1, -0.05) is 26.0 Å². The second-order valence-corrected chi connectivity index (χ2v) is 14.4. The predicted octanol–water partition coefficient (Wildman–Crippen LogP) is 4.59. The van der Waals surface area contributed by atoms with Crippen molar-refractivity contribution in [3.8, 4) is 5.88 Å². The van der Waals surface area contributed by atoms with E-state index in [0.717, 1.165) is 24.2 Å². The number of piperazine rings is 1. The van der Waals surface area contributed by atoms with Crippen molar-refractivity contribution in [2.45, 2.75) is 84.7 Å². The molecule has 1 aromatic heterocycles. The molecule has 1 aromatic carbocycles. The normalized spacial score (nSPS) is 24.5. The molecule has 11 heteroatoms. The second-order valence-electron chi connectivity index (χ2n) is 14.4. The number of anilines is 1. The van der Waals surface area contributed by atoms with Crippen molar-refractivity contribution in [1.29, 1.82) is 0 Å². The van der Waals surface area contributed by atoms with Crippen LogP contribution in [-0.4, -0.2) is 114 Å². The molecule has 2 fully saturated rings. The molecule has 4 atom stereocenters. The molecular weight excluding hydrogens is 589 g/mol. The topological polar surface area (TPSA) is 87.7 Å². The summed E-state index contributed by atoms with van der Waals surface area (Å²) in [6.07, 6.45) is 2.12. The number of rotatable bonds is 7. The molecule has 3 aliphatic heterocycles. The van der Waals surface area contributed by atoms with Crippen LogP contribution in [0, 0.1) is 11.7 Å². The molecule has 2 amide bonds. The number of nitrogens with zero attached hydrogens (tertiary/aromatic N) is 5. The number of pyridine rings is 1. The molecule has 10 nitrogen and oxygen atoms in total. The van der Waals surface area contributed by atoms with Crippen LogP contribution in [0.2, 0.25) is 0 Å². The smallest absolute Gasteiger partial charge is 0.410 e. The highest BCUT2D eigenvalue weighted by Crippen LogP contribution is 2.36. The van der Waals surface area contributed by atoms with Gasteiger partial charge in [-0.25, -0.2) is 14.2 Å². The molecule has 3 aliphatic rings. The summed E-state index contributed by atoms with van der Waals surface area (Å²) in [6, 6.07) is 8.04. The Bertz CT molecular complexity index is 1370. The van der Waals surface area contributed by atoms with Gasteiger partial charge in [0, 0.05) is 51.0 Å². The van der Waals surface area contributed by atoms with Crippen molar-refractivity contribution in [1.82, 2.24) is 19.7 Å². The fourth-order valence-corrected chi connectivity index (χ4v) is 6.58. The van der Waals surface area contributed by atoms with Gasteiger partial charge in [0.05, 0.1) is 25.3 Å². The number of halogens is 1. The van der Waals surface area contributed by atoms with Crippen LogP contribution in [0.25, 0.3) is 0 Å². The Balaban J connectivity index is 1.40. The Labute approximate surface area is 272 Å². The van der Waals surface area contributed by atoms with Gasteiger partial charge in [0.2, 0.25) is 11.8 Å². The van der Waals surface area contributed by atoms with Crippen LogP contribution >= 0.6 is 0 Å². The molecular formula is C35H50FN5O5. The van der Waals surface area contributed by atoms with E-state index in [1.165, 1.54) is 12.1 Å². The molecule has 0 radical (unpaired) electrons. The molecule has 252 valence electrons. The maximum atomic E-state index is 14.5. The molecule has 0 spiro atoms. The third-order valence-electron chi connectivity index (χ3n) is 8.95. The van der Waals surface area contributed by atoms with Crippen molar-refractivity contribution in [2.75, 3.05) is 57.4 Å². The minimum absolute atomic E-state index is 0.0257. The number of amides is 2. The first-order valence-electron chi connectivity index (χ1n) is 16.5. The van der Waals surface area contributed by atoms with Crippen LogP contribution in [-0.2, 0) is 20.7 Å². The van der Waals surface area contributed by atoms with E-state index in [1.54, 1.807) is 18.3 Å². The number of morpholine rings is 1. The van der Waals surface area contributed by atoms with E-state index in [2.05, 4.69) is 35.6 Å². The lowest BCUT2D eigenvalue weighted by Gasteiger charge is -2.48. The van der Waals surface area contributed by atoms with Crippen molar-refractivity contribution in [3.05, 3.63) is 53.5 Å². The van der Waals surface area contributed by atoms with E-state index in [0.29, 0.717) is 50.8 Å². The molecule has 2 aromatic rings. The lowest BCUT2D eigenvalue weighted by molar-refractivity contribution is -0.123. The van der Waals surface area contributed by atoms with Crippen LogP contribution in [0.1, 0.15) is 59.6 Å². The maximum Gasteiger partial charge on any atom is 0.410 e. The summed E-state index contributed by atoms with van der Waals surface area (Å²) in [7, 11) is 0. The number of hydrogen-bond acceptors (Lipinski definition) is 8. The highest BCUT2D eigenvalue weighted by atomic mass is 19.1. The monoisotopic (exact) mass is 639 g/mol. The summed E-state index contributed by atoms with van der Waals surface area (Å²) >= 11 is 0. The molecule has 5 rings (SSSR count). The average Bonchev–Trinajstić information content (AvgIpc) is 2.98. The van der Waals surface area contributed by atoms with E-state index >= 15 is 0 Å². The summed E-state index contributed by atoms with van der Waals surface area (Å²) in [5.41, 5.74) is 1.93. The van der Waals surface area contributed by atoms with Gasteiger partial charge in [-0.3, -0.25) is 19.5 Å². The number of carbonyl (C=O) groups excluding carboxylic acids is 2. The molecule has 4 heterocycles. The van der Waals surface area contributed by atoms with Crippen molar-refractivity contribution in [2.24, 2.45) is 5.92 Å². The average molecular weight is 640 g/mol. The zero-order chi connectivity index (χ0) is 33.2. The molecule has 0 saturated carbocycles. The van der Waals surface area contributed by atoms with Gasteiger partial charge in [0.1, 0.15) is 23.7 Å². The summed E-state index contributed by atoms with van der Waals surface area (Å²) in [5, 5.41) is 0. The third kappa shape index (κ3) is 8.35. The van der Waals surface area contributed by atoms with Crippen LogP contribution in [0.5, 0.6) is 5.88 Å². The van der Waals surface area contributed by atoms with Crippen LogP contribution in [0.15, 0.2) is 36.5 Å². The molecule has 0 N–H and O–H groups in total. The lowest BCUT2D eigenvalue weighted by atomic mass is 9.99. The molecule has 2 saturated heterocycles. The van der Waals surface area contributed by atoms with E-state index in [9.17, 15) is 14.0 Å². The molecule has 0 bridgehead atoms. The third-order valence-corrected chi connectivity index (χ3v) is 8.95. The quantitative estimate of drug-likeness (QED) is 0.435. The van der Waals surface area contributed by atoms with Gasteiger partial charge in [0.15, 0.2) is 0 Å². The summed E-state index contributed by atoms with van der Waals surface area (Å²) < 4.78 is 31.1. The lowest BCUT2D eigenvalue weighted by Crippen LogP contribution is -2.64. The highest BCUT2D eigenvalue weighted by molar-refractivity contribution is 5.97. The second kappa shape index (κ2) is 14.2. The highest BCUT2D eigenvalue weighted by Gasteiger charge is 2.41. The first-order valence-corrected chi connectivity index (χ1v) is 16.5. The Morgan fingerprint density at radius 1 is 1.09 bits per heavy atom. The largest absolute Gasteiger partial charge is 0.474 e. The number of fused-ring (bicyclic) bond motifs is 1. The van der Waals surface area contributed by atoms with E-state index in [1.807, 2.05) is 43.6 Å². The zero-order valence-corrected chi connectivity index (χ0v) is 28.4.